The van der Waals surface area contributed by atoms with E-state index in [1.165, 1.54) is 10.5 Å². The molecule has 2 amide bonds. The number of nitrogens with zero attached hydrogens (tertiary/aromatic N) is 2. The van der Waals surface area contributed by atoms with Crippen molar-refractivity contribution in [2.45, 2.75) is 40.5 Å². The number of rotatable bonds is 3. The summed E-state index contributed by atoms with van der Waals surface area (Å²) in [5.41, 5.74) is 5.95. The van der Waals surface area contributed by atoms with Crippen LogP contribution in [-0.2, 0) is 9.59 Å². The lowest BCUT2D eigenvalue weighted by atomic mass is 9.96. The Kier molecular flexibility index (Phi) is 5.03. The summed E-state index contributed by atoms with van der Waals surface area (Å²) in [6, 6.07) is 13.6. The van der Waals surface area contributed by atoms with Gasteiger partial charge in [-0.2, -0.15) is 0 Å². The summed E-state index contributed by atoms with van der Waals surface area (Å²) >= 11 is 0. The molecular formula is C25H28N2O2. The highest BCUT2D eigenvalue weighted by molar-refractivity contribution is 6.45. The summed E-state index contributed by atoms with van der Waals surface area (Å²) in [4.78, 5) is 30.6. The Morgan fingerprint density at radius 3 is 2.28 bits per heavy atom. The first-order valence-electron chi connectivity index (χ1n) is 10.4. The minimum atomic E-state index is -0.227. The van der Waals surface area contributed by atoms with Crippen LogP contribution in [0.3, 0.4) is 0 Å². The van der Waals surface area contributed by atoms with Crippen molar-refractivity contribution in [3.63, 3.8) is 0 Å². The summed E-state index contributed by atoms with van der Waals surface area (Å²) in [6.07, 6.45) is 2.20. The van der Waals surface area contributed by atoms with Crippen molar-refractivity contribution in [1.29, 1.82) is 0 Å². The topological polar surface area (TPSA) is 40.6 Å². The van der Waals surface area contributed by atoms with Crippen molar-refractivity contribution in [1.82, 2.24) is 4.90 Å². The molecule has 0 aromatic heterocycles. The van der Waals surface area contributed by atoms with E-state index in [2.05, 4.69) is 18.7 Å². The Hall–Kier alpha value is -2.88. The summed E-state index contributed by atoms with van der Waals surface area (Å²) in [5, 5.41) is 0. The van der Waals surface area contributed by atoms with Crippen LogP contribution in [0.25, 0.3) is 5.57 Å². The van der Waals surface area contributed by atoms with Crippen molar-refractivity contribution in [3.05, 3.63) is 70.4 Å². The highest BCUT2D eigenvalue weighted by atomic mass is 16.2. The number of benzene rings is 2. The summed E-state index contributed by atoms with van der Waals surface area (Å²) in [5.74, 6) is 0.0742. The van der Waals surface area contributed by atoms with Crippen molar-refractivity contribution >= 4 is 23.1 Å². The Bertz CT molecular complexity index is 1000. The fourth-order valence-electron chi connectivity index (χ4n) is 4.29. The van der Waals surface area contributed by atoms with E-state index in [1.54, 1.807) is 0 Å². The molecule has 0 aliphatic carbocycles. The summed E-state index contributed by atoms with van der Waals surface area (Å²) in [7, 11) is 0. The van der Waals surface area contributed by atoms with Gasteiger partial charge in [-0.3, -0.25) is 9.59 Å². The maximum absolute atomic E-state index is 13.6. The van der Waals surface area contributed by atoms with Gasteiger partial charge in [0.2, 0.25) is 0 Å². The Balaban J connectivity index is 1.84. The molecule has 2 aliphatic rings. The van der Waals surface area contributed by atoms with Crippen LogP contribution in [0.4, 0.5) is 5.69 Å². The molecule has 4 nitrogen and oxygen atoms in total. The molecule has 2 heterocycles. The molecule has 0 N–H and O–H groups in total. The molecule has 4 rings (SSSR count). The Morgan fingerprint density at radius 2 is 1.62 bits per heavy atom. The summed E-state index contributed by atoms with van der Waals surface area (Å²) in [6.45, 7) is 9.93. The van der Waals surface area contributed by atoms with Gasteiger partial charge in [-0.05, 0) is 68.4 Å². The molecular weight excluding hydrogens is 360 g/mol. The lowest BCUT2D eigenvalue weighted by Crippen LogP contribution is -2.39. The molecule has 1 unspecified atom stereocenters. The van der Waals surface area contributed by atoms with Crippen LogP contribution in [-0.4, -0.2) is 29.8 Å². The second-order valence-corrected chi connectivity index (χ2v) is 8.50. The second kappa shape index (κ2) is 7.51. The van der Waals surface area contributed by atoms with Crippen LogP contribution < -0.4 is 4.90 Å². The van der Waals surface area contributed by atoms with Gasteiger partial charge in [0.25, 0.3) is 11.8 Å². The normalized spacial score (nSPS) is 20.1. The lowest BCUT2D eigenvalue weighted by Gasteiger charge is -2.33. The van der Waals surface area contributed by atoms with E-state index in [-0.39, 0.29) is 11.8 Å². The van der Waals surface area contributed by atoms with Crippen molar-refractivity contribution in [3.8, 4) is 0 Å². The van der Waals surface area contributed by atoms with Gasteiger partial charge in [0.05, 0.1) is 11.3 Å². The number of hydrogen-bond acceptors (Lipinski definition) is 3. The van der Waals surface area contributed by atoms with Gasteiger partial charge < -0.3 is 4.90 Å². The number of carbonyl (C=O) groups excluding carboxylic acids is 2. The number of aryl methyl sites for hydroxylation is 3. The van der Waals surface area contributed by atoms with Gasteiger partial charge in [-0.15, -0.1) is 0 Å². The highest BCUT2D eigenvalue weighted by Crippen LogP contribution is 2.37. The van der Waals surface area contributed by atoms with E-state index >= 15 is 0 Å². The monoisotopic (exact) mass is 388 g/mol. The molecule has 1 fully saturated rings. The minimum absolute atomic E-state index is 0.207. The minimum Gasteiger partial charge on any atom is -0.366 e. The standard InChI is InChI=1S/C25H28N2O2/c1-16-7-11-21(12-8-16)27-24(28)22(20-10-9-18(3)19(4)14-20)23(25(27)29)26-13-5-6-17(2)15-26/h7-12,14,17H,5-6,13,15H2,1-4H3. The number of imide groups is 1. The van der Waals surface area contributed by atoms with Crippen LogP contribution >= 0.6 is 0 Å². The lowest BCUT2D eigenvalue weighted by molar-refractivity contribution is -0.120. The van der Waals surface area contributed by atoms with E-state index in [9.17, 15) is 9.59 Å². The van der Waals surface area contributed by atoms with Crippen LogP contribution in [0.5, 0.6) is 0 Å². The van der Waals surface area contributed by atoms with E-state index < -0.39 is 0 Å². The third-order valence-electron chi connectivity index (χ3n) is 6.12. The van der Waals surface area contributed by atoms with Gasteiger partial charge in [0.15, 0.2) is 0 Å². The number of anilines is 1. The number of amides is 2. The van der Waals surface area contributed by atoms with E-state index in [1.807, 2.05) is 56.3 Å². The van der Waals surface area contributed by atoms with Crippen molar-refractivity contribution < 1.29 is 9.59 Å². The molecule has 4 heteroatoms. The number of piperidine rings is 1. The van der Waals surface area contributed by atoms with Crippen LogP contribution in [0, 0.1) is 26.7 Å². The first-order valence-corrected chi connectivity index (χ1v) is 10.4. The average molecular weight is 389 g/mol. The fourth-order valence-corrected chi connectivity index (χ4v) is 4.29. The van der Waals surface area contributed by atoms with Gasteiger partial charge >= 0.3 is 0 Å². The third-order valence-corrected chi connectivity index (χ3v) is 6.12. The molecule has 0 radical (unpaired) electrons. The number of hydrogen-bond donors (Lipinski definition) is 0. The number of carbonyl (C=O) groups is 2. The zero-order valence-electron chi connectivity index (χ0n) is 17.7. The quantitative estimate of drug-likeness (QED) is 0.720. The molecule has 0 spiro atoms. The largest absolute Gasteiger partial charge is 0.366 e. The van der Waals surface area contributed by atoms with Crippen LogP contribution in [0.15, 0.2) is 48.2 Å². The Morgan fingerprint density at radius 1 is 0.897 bits per heavy atom. The van der Waals surface area contributed by atoms with E-state index in [0.717, 1.165) is 42.6 Å². The predicted octanol–water partition coefficient (Wildman–Crippen LogP) is 4.63. The molecule has 1 atom stereocenters. The van der Waals surface area contributed by atoms with Gasteiger partial charge in [-0.1, -0.05) is 42.8 Å². The molecule has 2 aromatic rings. The molecule has 0 saturated carbocycles. The first-order chi connectivity index (χ1) is 13.9. The third kappa shape index (κ3) is 3.48. The highest BCUT2D eigenvalue weighted by Gasteiger charge is 2.43. The zero-order chi connectivity index (χ0) is 20.7. The van der Waals surface area contributed by atoms with Gasteiger partial charge in [0.1, 0.15) is 5.70 Å². The van der Waals surface area contributed by atoms with Crippen LogP contribution in [0.2, 0.25) is 0 Å². The predicted molar refractivity (Wildman–Crippen MR) is 116 cm³/mol. The molecule has 1 saturated heterocycles. The maximum Gasteiger partial charge on any atom is 0.282 e. The number of likely N-dealkylation sites (tertiary alicyclic amines) is 1. The molecule has 2 aliphatic heterocycles. The Labute approximate surface area is 172 Å². The zero-order valence-corrected chi connectivity index (χ0v) is 17.7. The first kappa shape index (κ1) is 19.4. The van der Waals surface area contributed by atoms with Gasteiger partial charge in [0, 0.05) is 13.1 Å². The van der Waals surface area contributed by atoms with E-state index in [0.29, 0.717) is 22.9 Å². The molecule has 150 valence electrons. The van der Waals surface area contributed by atoms with Gasteiger partial charge in [-0.25, -0.2) is 4.90 Å². The molecule has 0 bridgehead atoms. The van der Waals surface area contributed by atoms with E-state index in [4.69, 9.17) is 0 Å². The van der Waals surface area contributed by atoms with Crippen molar-refractivity contribution in [2.24, 2.45) is 5.92 Å². The van der Waals surface area contributed by atoms with Crippen LogP contribution in [0.1, 0.15) is 42.0 Å². The fraction of sp³-hybridized carbons (Fsp3) is 0.360. The molecule has 29 heavy (non-hydrogen) atoms. The second-order valence-electron chi connectivity index (χ2n) is 8.50. The smallest absolute Gasteiger partial charge is 0.282 e. The maximum atomic E-state index is 13.6. The molecule has 2 aromatic carbocycles. The van der Waals surface area contributed by atoms with Crippen molar-refractivity contribution in [2.75, 3.05) is 18.0 Å². The summed E-state index contributed by atoms with van der Waals surface area (Å²) < 4.78 is 0. The average Bonchev–Trinajstić information content (AvgIpc) is 2.95. The SMILES string of the molecule is Cc1ccc(N2C(=O)C(c3ccc(C)c(C)c3)=C(N3CCCC(C)C3)C2=O)cc1.